The number of hydrogen-bond donors (Lipinski definition) is 1. The fourth-order valence-corrected chi connectivity index (χ4v) is 6.05. The predicted molar refractivity (Wildman–Crippen MR) is 133 cm³/mol. The van der Waals surface area contributed by atoms with Gasteiger partial charge in [0.1, 0.15) is 11.3 Å². The molecule has 0 radical (unpaired) electrons. The highest BCUT2D eigenvalue weighted by atomic mass is 79.9. The minimum Gasteiger partial charge on any atom is -0.422 e. The van der Waals surface area contributed by atoms with E-state index in [1.807, 2.05) is 0 Å². The van der Waals surface area contributed by atoms with Gasteiger partial charge in [0.25, 0.3) is 11.8 Å². The van der Waals surface area contributed by atoms with Crippen LogP contribution in [0.3, 0.4) is 0 Å². The lowest BCUT2D eigenvalue weighted by molar-refractivity contribution is -0.132. The smallest absolute Gasteiger partial charge is 0.345 e. The highest BCUT2D eigenvalue weighted by molar-refractivity contribution is 9.10. The first-order valence-corrected chi connectivity index (χ1v) is 12.6. The van der Waals surface area contributed by atoms with Gasteiger partial charge in [0, 0.05) is 21.1 Å². The largest absolute Gasteiger partial charge is 0.422 e. The van der Waals surface area contributed by atoms with Gasteiger partial charge in [-0.2, -0.15) is 0 Å². The van der Waals surface area contributed by atoms with Crippen molar-refractivity contribution in [2.75, 3.05) is 0 Å². The topological polar surface area (TPSA) is 92.8 Å². The summed E-state index contributed by atoms with van der Waals surface area (Å²) in [7, 11) is 0. The molecule has 0 unspecified atom stereocenters. The molecule has 7 nitrogen and oxygen atoms in total. The van der Waals surface area contributed by atoms with Crippen molar-refractivity contribution in [1.29, 1.82) is 0 Å². The van der Waals surface area contributed by atoms with Crippen LogP contribution in [0, 0.1) is 11.8 Å². The van der Waals surface area contributed by atoms with E-state index in [1.54, 1.807) is 12.1 Å². The van der Waals surface area contributed by atoms with Gasteiger partial charge >= 0.3 is 12.0 Å². The maximum atomic E-state index is 13.4. The summed E-state index contributed by atoms with van der Waals surface area (Å²) in [4.78, 5) is 52.6. The van der Waals surface area contributed by atoms with Crippen LogP contribution < -0.4 is 10.1 Å². The molecule has 2 aromatic rings. The number of nitrogens with zero attached hydrogens (tertiary/aromatic N) is 1. The molecule has 1 aliphatic heterocycles. The zero-order valence-corrected chi connectivity index (χ0v) is 21.3. The Labute approximate surface area is 219 Å². The first-order valence-electron chi connectivity index (χ1n) is 11.1. The van der Waals surface area contributed by atoms with Crippen molar-refractivity contribution in [3.63, 3.8) is 0 Å². The number of nitrogens with one attached hydrogen (secondary N) is 1. The van der Waals surface area contributed by atoms with Crippen molar-refractivity contribution < 1.29 is 23.9 Å². The van der Waals surface area contributed by atoms with Crippen LogP contribution in [0.15, 0.2) is 46.4 Å². The van der Waals surface area contributed by atoms with E-state index in [4.69, 9.17) is 27.9 Å². The van der Waals surface area contributed by atoms with Crippen molar-refractivity contribution in [1.82, 2.24) is 10.2 Å². The molecule has 35 heavy (non-hydrogen) atoms. The van der Waals surface area contributed by atoms with Gasteiger partial charge in [-0.15, -0.1) is 0 Å². The average molecular weight is 578 g/mol. The maximum Gasteiger partial charge on any atom is 0.345 e. The molecule has 0 spiro atoms. The van der Waals surface area contributed by atoms with Gasteiger partial charge in [-0.25, -0.2) is 9.59 Å². The number of esters is 1. The van der Waals surface area contributed by atoms with E-state index in [0.717, 1.165) is 25.7 Å². The summed E-state index contributed by atoms with van der Waals surface area (Å²) in [6.45, 7) is 0. The van der Waals surface area contributed by atoms with Gasteiger partial charge in [-0.3, -0.25) is 19.8 Å². The van der Waals surface area contributed by atoms with Crippen molar-refractivity contribution in [2.45, 2.75) is 31.7 Å². The van der Waals surface area contributed by atoms with Gasteiger partial charge in [-0.05, 0) is 73.6 Å². The number of hydrogen-bond acceptors (Lipinski definition) is 5. The third-order valence-electron chi connectivity index (χ3n) is 6.79. The Morgan fingerprint density at radius 2 is 1.89 bits per heavy atom. The van der Waals surface area contributed by atoms with E-state index in [1.165, 1.54) is 35.2 Å². The molecule has 180 valence electrons. The highest BCUT2D eigenvalue weighted by Crippen LogP contribution is 2.47. The quantitative estimate of drug-likeness (QED) is 0.220. The molecular weight excluding hydrogens is 559 g/mol. The fourth-order valence-electron chi connectivity index (χ4n) is 5.19. The number of halogens is 3. The Morgan fingerprint density at radius 1 is 1.09 bits per heavy atom. The molecule has 2 bridgehead atoms. The van der Waals surface area contributed by atoms with Crippen LogP contribution in [0.4, 0.5) is 4.79 Å². The van der Waals surface area contributed by atoms with E-state index in [0.29, 0.717) is 21.0 Å². The molecule has 2 saturated carbocycles. The number of carbonyl (C=O) groups is 4. The monoisotopic (exact) mass is 576 g/mol. The number of benzene rings is 2. The summed E-state index contributed by atoms with van der Waals surface area (Å²) in [6.07, 6.45) is 5.16. The second kappa shape index (κ2) is 9.41. The molecule has 3 aliphatic rings. The van der Waals surface area contributed by atoms with Crippen LogP contribution in [0.1, 0.15) is 41.6 Å². The van der Waals surface area contributed by atoms with E-state index >= 15 is 0 Å². The highest BCUT2D eigenvalue weighted by Gasteiger charge is 2.49. The van der Waals surface area contributed by atoms with Gasteiger partial charge in [0.05, 0.1) is 10.6 Å². The first-order chi connectivity index (χ1) is 16.7. The summed E-state index contributed by atoms with van der Waals surface area (Å²) in [5, 5.41) is 2.79. The molecular formula is C25H19BrCl2N2O5. The molecule has 2 aliphatic carbocycles. The lowest BCUT2D eigenvalue weighted by atomic mass is 9.93. The lowest BCUT2D eigenvalue weighted by Gasteiger charge is -2.35. The molecule has 1 N–H and O–H groups in total. The number of carbonyl (C=O) groups excluding carboxylic acids is 4. The lowest BCUT2D eigenvalue weighted by Crippen LogP contribution is -2.58. The Bertz CT molecular complexity index is 1310. The molecule has 3 fully saturated rings. The molecule has 1 heterocycles. The Morgan fingerprint density at radius 3 is 2.57 bits per heavy atom. The van der Waals surface area contributed by atoms with Crippen molar-refractivity contribution in [3.8, 4) is 5.75 Å². The van der Waals surface area contributed by atoms with E-state index in [9.17, 15) is 19.2 Å². The zero-order valence-electron chi connectivity index (χ0n) is 18.2. The van der Waals surface area contributed by atoms with Crippen LogP contribution in [0.5, 0.6) is 5.75 Å². The minimum absolute atomic E-state index is 0.108. The zero-order chi connectivity index (χ0) is 24.9. The average Bonchev–Trinajstić information content (AvgIpc) is 3.42. The molecule has 10 heteroatoms. The maximum absolute atomic E-state index is 13.4. The van der Waals surface area contributed by atoms with E-state index in [2.05, 4.69) is 21.2 Å². The van der Waals surface area contributed by atoms with Crippen LogP contribution in [0.2, 0.25) is 10.0 Å². The molecule has 0 aromatic heterocycles. The van der Waals surface area contributed by atoms with Gasteiger partial charge in [-0.1, -0.05) is 45.6 Å². The number of imide groups is 2. The normalized spacial score (nSPS) is 24.8. The van der Waals surface area contributed by atoms with Crippen LogP contribution in [-0.4, -0.2) is 34.8 Å². The summed E-state index contributed by atoms with van der Waals surface area (Å²) in [5.41, 5.74) is 0.211. The number of fused-ring (bicyclic) bond motifs is 2. The second-order valence-corrected chi connectivity index (χ2v) is 10.7. The first kappa shape index (κ1) is 24.0. The predicted octanol–water partition coefficient (Wildman–Crippen LogP) is 5.63. The van der Waals surface area contributed by atoms with Gasteiger partial charge in [0.2, 0.25) is 0 Å². The summed E-state index contributed by atoms with van der Waals surface area (Å²) >= 11 is 15.4. The molecule has 4 amide bonds. The van der Waals surface area contributed by atoms with Gasteiger partial charge in [0.15, 0.2) is 0 Å². The summed E-state index contributed by atoms with van der Waals surface area (Å²) in [6, 6.07) is 8.28. The number of urea groups is 1. The Kier molecular flexibility index (Phi) is 6.46. The van der Waals surface area contributed by atoms with Crippen LogP contribution in [0.25, 0.3) is 6.08 Å². The standard InChI is InChI=1S/C25H19BrCl2N2O5/c26-15-3-6-21(35-24(33)17-5-4-16(27)11-19(17)28)14(9-15)10-18-22(31)29-25(34)30(23(18)32)20-8-12-1-2-13(20)7-12/h3-6,9-13,20H,1-2,7-8H2,(H,29,31,34)/b18-10-/t12-,13-,20+/m0/s1. The molecule has 1 saturated heterocycles. The third kappa shape index (κ3) is 4.62. The molecule has 3 atom stereocenters. The van der Waals surface area contributed by atoms with Gasteiger partial charge < -0.3 is 4.74 Å². The molecule has 5 rings (SSSR count). The van der Waals surface area contributed by atoms with Crippen LogP contribution >= 0.6 is 39.1 Å². The summed E-state index contributed by atoms with van der Waals surface area (Å²) < 4.78 is 6.19. The van der Waals surface area contributed by atoms with Crippen LogP contribution in [-0.2, 0) is 9.59 Å². The second-order valence-electron chi connectivity index (χ2n) is 8.93. The number of ether oxygens (including phenoxy) is 1. The summed E-state index contributed by atoms with van der Waals surface area (Å²) in [5.74, 6) is -1.29. The van der Waals surface area contributed by atoms with Crippen molar-refractivity contribution >= 4 is 69.0 Å². The van der Waals surface area contributed by atoms with E-state index in [-0.39, 0.29) is 33.9 Å². The third-order valence-corrected chi connectivity index (χ3v) is 7.83. The SMILES string of the molecule is O=C1NC(=O)N([C@@H]2C[C@H]3CC[C@H]2C3)C(=O)/C1=C\c1cc(Br)ccc1OC(=O)c1ccc(Cl)cc1Cl. The fraction of sp³-hybridized carbons (Fsp3) is 0.280. The Balaban J connectivity index is 1.46. The van der Waals surface area contributed by atoms with E-state index < -0.39 is 23.8 Å². The Hall–Kier alpha value is -2.68. The van der Waals surface area contributed by atoms with Crippen molar-refractivity contribution in [3.05, 3.63) is 67.6 Å². The number of amides is 4. The minimum atomic E-state index is -0.794. The number of barbiturate groups is 1. The van der Waals surface area contributed by atoms with Crippen molar-refractivity contribution in [2.24, 2.45) is 11.8 Å². The molecule has 2 aromatic carbocycles. The number of rotatable bonds is 4.